The minimum Gasteiger partial charge on any atom is -0.491 e. The fourth-order valence-electron chi connectivity index (χ4n) is 8.80. The normalized spacial score (nSPS) is 15.5. The Bertz CT molecular complexity index is 3450. The molecular formula is C54H58F6N4O10S3. The first kappa shape index (κ1) is 58.3. The van der Waals surface area contributed by atoms with Crippen molar-refractivity contribution in [2.75, 3.05) is 48.9 Å². The first-order valence-corrected chi connectivity index (χ1v) is 28.5. The molecule has 0 radical (unpaired) electrons. The second-order valence-corrected chi connectivity index (χ2v) is 24.0. The van der Waals surface area contributed by atoms with E-state index in [4.69, 9.17) is 18.9 Å². The maximum Gasteiger partial charge on any atom is 0.433 e. The molecule has 5 aromatic rings. The van der Waals surface area contributed by atoms with Crippen LogP contribution in [0.1, 0.15) is 70.7 Å². The summed E-state index contributed by atoms with van der Waals surface area (Å²) in [5.74, 6) is -6.49. The third kappa shape index (κ3) is 11.9. The first-order valence-electron chi connectivity index (χ1n) is 24.1. The van der Waals surface area contributed by atoms with Crippen molar-refractivity contribution in [1.29, 1.82) is 0 Å². The molecule has 0 fully saturated rings. The number of alkyl halides is 6. The van der Waals surface area contributed by atoms with Gasteiger partial charge in [0.25, 0.3) is 20.0 Å². The molecule has 0 saturated carbocycles. The van der Waals surface area contributed by atoms with E-state index in [1.165, 1.54) is 24.3 Å². The third-order valence-corrected chi connectivity index (χ3v) is 18.0. The van der Waals surface area contributed by atoms with Gasteiger partial charge in [-0.2, -0.15) is 34.8 Å². The van der Waals surface area contributed by atoms with Crippen LogP contribution in [0.25, 0.3) is 5.57 Å². The van der Waals surface area contributed by atoms with Gasteiger partial charge in [0.2, 0.25) is 0 Å². The van der Waals surface area contributed by atoms with Crippen molar-refractivity contribution in [2.24, 2.45) is 0 Å². The number of anilines is 4. The van der Waals surface area contributed by atoms with E-state index in [0.717, 1.165) is 68.2 Å². The molecule has 1 heterocycles. The maximum absolute atomic E-state index is 15.8. The van der Waals surface area contributed by atoms with Crippen LogP contribution < -0.4 is 29.0 Å². The highest BCUT2D eigenvalue weighted by Gasteiger charge is 2.82. The Kier molecular flexibility index (Phi) is 17.1. The van der Waals surface area contributed by atoms with Gasteiger partial charge in [0.05, 0.1) is 30.8 Å². The van der Waals surface area contributed by atoms with Gasteiger partial charge in [-0.25, -0.2) is 16.8 Å². The van der Waals surface area contributed by atoms with Gasteiger partial charge in [0.15, 0.2) is 0 Å². The molecule has 0 amide bonds. The number of fused-ring (bicyclic) bond motifs is 2. The summed E-state index contributed by atoms with van der Waals surface area (Å²) in [7, 11) is -18.8. The standard InChI is InChI=1S/C54H58F6N4O10S3/c1-9-33(3)38-14-16-39(17-15-38)63-76(67,68)53(57,58)52(55,56)54(59,60)77(69,70)64-75(65,66)48-13-11-10-12-45(48)49-43-20-18-40(61-50-34(4)26-32(2)27-35(50)5)30-46(43)74-47-31-41(19-21-44(47)49)62-51-36(6)28-42(29-37(51)7)73-25-24-72-23-22-71-8/h10-21,26-31,33,41,61-64H,9,22-25H2,1-8H3. The molecule has 0 aromatic heterocycles. The summed E-state index contributed by atoms with van der Waals surface area (Å²) in [6.07, 6.45) is 5.59. The highest BCUT2D eigenvalue weighted by Crippen LogP contribution is 2.52. The summed E-state index contributed by atoms with van der Waals surface area (Å²) in [5, 5.41) is -7.11. The number of sulfonamides is 3. The monoisotopic (exact) mass is 1130 g/mol. The van der Waals surface area contributed by atoms with Crippen LogP contribution in [0.4, 0.5) is 49.1 Å². The van der Waals surface area contributed by atoms with Crippen LogP contribution in [0, 0.1) is 34.6 Å². The number of hydrogen-bond acceptors (Lipinski definition) is 12. The summed E-state index contributed by atoms with van der Waals surface area (Å²) < 4.78 is 199. The summed E-state index contributed by atoms with van der Waals surface area (Å²) in [4.78, 5) is -1.07. The lowest BCUT2D eigenvalue weighted by molar-refractivity contribution is -0.243. The van der Waals surface area contributed by atoms with Crippen LogP contribution in [0.3, 0.4) is 0 Å². The van der Waals surface area contributed by atoms with Crippen LogP contribution in [0.15, 0.2) is 125 Å². The summed E-state index contributed by atoms with van der Waals surface area (Å²) in [6, 6.07) is 20.7. The van der Waals surface area contributed by atoms with E-state index in [9.17, 15) is 25.3 Å². The van der Waals surface area contributed by atoms with E-state index in [-0.39, 0.29) is 39.7 Å². The molecule has 23 heteroatoms. The van der Waals surface area contributed by atoms with Gasteiger partial charge in [0, 0.05) is 58.2 Å². The number of methoxy groups -OCH3 is 1. The maximum atomic E-state index is 15.8. The molecule has 2 unspecified atom stereocenters. The second kappa shape index (κ2) is 22.5. The van der Waals surface area contributed by atoms with Crippen molar-refractivity contribution in [1.82, 2.24) is 4.13 Å². The number of hydrogen-bond donors (Lipinski definition) is 4. The predicted octanol–water partition coefficient (Wildman–Crippen LogP) is 11.5. The Morgan fingerprint density at radius 3 is 1.92 bits per heavy atom. The predicted molar refractivity (Wildman–Crippen MR) is 284 cm³/mol. The molecule has 4 N–H and O–H groups in total. The van der Waals surface area contributed by atoms with E-state index in [2.05, 4.69) is 10.6 Å². The van der Waals surface area contributed by atoms with Crippen molar-refractivity contribution < 1.29 is 70.5 Å². The number of allylic oxidation sites excluding steroid dienone is 1. The summed E-state index contributed by atoms with van der Waals surface area (Å²) >= 11 is 0. The van der Waals surface area contributed by atoms with Crippen molar-refractivity contribution in [3.8, 4) is 11.5 Å². The zero-order valence-electron chi connectivity index (χ0n) is 43.2. The van der Waals surface area contributed by atoms with Crippen molar-refractivity contribution >= 4 is 58.4 Å². The lowest BCUT2D eigenvalue weighted by atomic mass is 9.87. The Balaban J connectivity index is 1.24. The lowest BCUT2D eigenvalue weighted by Gasteiger charge is -2.32. The van der Waals surface area contributed by atoms with Crippen molar-refractivity contribution in [3.05, 3.63) is 165 Å². The van der Waals surface area contributed by atoms with E-state index < -0.39 is 63.1 Å². The molecular weight excluding hydrogens is 1070 g/mol. The second-order valence-electron chi connectivity index (χ2n) is 18.7. The van der Waals surface area contributed by atoms with Crippen LogP contribution in [-0.4, -0.2) is 81.3 Å². The lowest BCUT2D eigenvalue weighted by Crippen LogP contribution is -2.63. The van der Waals surface area contributed by atoms with Crippen LogP contribution >= 0.6 is 0 Å². The van der Waals surface area contributed by atoms with Crippen LogP contribution in [0.5, 0.6) is 11.5 Å². The van der Waals surface area contributed by atoms with Gasteiger partial charge in [-0.1, -0.05) is 78.2 Å². The Morgan fingerprint density at radius 2 is 1.29 bits per heavy atom. The Labute approximate surface area is 444 Å². The molecule has 5 aromatic carbocycles. The molecule has 77 heavy (non-hydrogen) atoms. The molecule has 14 nitrogen and oxygen atoms in total. The average Bonchev–Trinajstić information content (AvgIpc) is 3.36. The Morgan fingerprint density at radius 1 is 0.688 bits per heavy atom. The first-order chi connectivity index (χ1) is 36.1. The zero-order valence-corrected chi connectivity index (χ0v) is 45.6. The number of rotatable bonds is 23. The molecule has 0 bridgehead atoms. The molecule has 2 aliphatic rings. The molecule has 2 atom stereocenters. The minimum atomic E-state index is -7.48. The number of aryl methyl sites for hydroxylation is 5. The molecule has 414 valence electrons. The fourth-order valence-corrected chi connectivity index (χ4v) is 13.0. The van der Waals surface area contributed by atoms with E-state index in [1.807, 2.05) is 65.8 Å². The zero-order chi connectivity index (χ0) is 56.5. The van der Waals surface area contributed by atoms with Gasteiger partial charge in [-0.05, 0) is 123 Å². The minimum absolute atomic E-state index is 0.0397. The van der Waals surface area contributed by atoms with Gasteiger partial charge < -0.3 is 29.6 Å². The Hall–Kier alpha value is -6.37. The van der Waals surface area contributed by atoms with Crippen LogP contribution in [0.2, 0.25) is 0 Å². The van der Waals surface area contributed by atoms with Crippen LogP contribution in [-0.2, 0) is 39.5 Å². The molecule has 1 aliphatic carbocycles. The van der Waals surface area contributed by atoms with E-state index >= 15 is 26.3 Å². The van der Waals surface area contributed by atoms with E-state index in [1.54, 1.807) is 50.5 Å². The summed E-state index contributed by atoms with van der Waals surface area (Å²) in [5.41, 5.74) is 6.50. The van der Waals surface area contributed by atoms with Gasteiger partial charge in [-0.3, -0.25) is 4.72 Å². The number of ether oxygens (including phenoxy) is 4. The largest absolute Gasteiger partial charge is 0.491 e. The third-order valence-electron chi connectivity index (χ3n) is 12.9. The number of benzene rings is 5. The highest BCUT2D eigenvalue weighted by molar-refractivity contribution is 8.05. The number of halogens is 6. The SMILES string of the molecule is CCC(C)c1ccc(NS(=O)(=O)C(F)(F)C(F)(F)C(F)(F)S(=O)(=O)NS(=O)(=O)c2ccccc2C2=C3C=CC(Nc4c(C)cc(OCCOCCOC)cc4C)C=C3Oc3cc(Nc4c(C)cc(C)cc4C)ccc32)cc1. The number of nitrogens with one attached hydrogen (secondary N) is 4. The molecule has 7 rings (SSSR count). The smallest absolute Gasteiger partial charge is 0.433 e. The van der Waals surface area contributed by atoms with Gasteiger partial charge in [-0.15, -0.1) is 0 Å². The topological polar surface area (TPSA) is 187 Å². The molecule has 0 saturated heterocycles. The molecule has 0 spiro atoms. The average molecular weight is 1130 g/mol. The fraction of sp³-hybridized carbons (Fsp3) is 0.333. The van der Waals surface area contributed by atoms with Gasteiger partial charge in [0.1, 0.15) is 23.9 Å². The van der Waals surface area contributed by atoms with Gasteiger partial charge >= 0.3 is 26.5 Å². The molecule has 1 aliphatic heterocycles. The van der Waals surface area contributed by atoms with E-state index in [0.29, 0.717) is 54.0 Å². The highest BCUT2D eigenvalue weighted by atomic mass is 32.3. The summed E-state index contributed by atoms with van der Waals surface area (Å²) in [6.45, 7) is 14.7. The van der Waals surface area contributed by atoms with Crippen molar-refractivity contribution in [3.63, 3.8) is 0 Å². The quantitative estimate of drug-likeness (QED) is 0.0359. The van der Waals surface area contributed by atoms with Crippen molar-refractivity contribution in [2.45, 2.75) is 88.2 Å².